The van der Waals surface area contributed by atoms with Crippen LogP contribution in [0.15, 0.2) is 52.3 Å². The van der Waals surface area contributed by atoms with Gasteiger partial charge in [-0.05, 0) is 41.8 Å². The van der Waals surface area contributed by atoms with E-state index in [0.29, 0.717) is 21.8 Å². The molecule has 0 amide bonds. The monoisotopic (exact) mass is 315 g/mol. The zero-order valence-corrected chi connectivity index (χ0v) is 13.1. The van der Waals surface area contributed by atoms with E-state index in [9.17, 15) is 8.42 Å². The van der Waals surface area contributed by atoms with Crippen molar-refractivity contribution in [1.82, 2.24) is 0 Å². The third-order valence-corrected chi connectivity index (χ3v) is 5.61. The molecule has 1 aliphatic heterocycles. The summed E-state index contributed by atoms with van der Waals surface area (Å²) in [7, 11) is -3.51. The highest BCUT2D eigenvalue weighted by atomic mass is 32.2. The molecule has 2 aromatic rings. The van der Waals surface area contributed by atoms with Crippen molar-refractivity contribution in [2.45, 2.75) is 18.4 Å². The fourth-order valence-electron chi connectivity index (χ4n) is 2.57. The van der Waals surface area contributed by atoms with Crippen molar-refractivity contribution in [3.05, 3.63) is 64.1 Å². The summed E-state index contributed by atoms with van der Waals surface area (Å²) in [6.07, 6.45) is 1.67. The van der Waals surface area contributed by atoms with E-state index in [4.69, 9.17) is 10.5 Å². The van der Waals surface area contributed by atoms with Crippen LogP contribution >= 0.6 is 0 Å². The molecule has 0 bridgehead atoms. The molecule has 0 spiro atoms. The fourth-order valence-corrected chi connectivity index (χ4v) is 4.26. The highest BCUT2D eigenvalue weighted by Gasteiger charge is 2.31. The van der Waals surface area contributed by atoms with E-state index in [1.54, 1.807) is 18.2 Å². The molecule has 114 valence electrons. The summed E-state index contributed by atoms with van der Waals surface area (Å²) in [6.45, 7) is 2.18. The van der Waals surface area contributed by atoms with E-state index < -0.39 is 9.84 Å². The number of aryl methyl sites for hydroxylation is 1. The first-order valence-electron chi connectivity index (χ1n) is 6.99. The minimum Gasteiger partial charge on any atom is -0.488 e. The molecule has 0 saturated carbocycles. The third kappa shape index (κ3) is 2.53. The van der Waals surface area contributed by atoms with Crippen molar-refractivity contribution in [2.24, 2.45) is 5.73 Å². The Balaban J connectivity index is 1.88. The highest BCUT2D eigenvalue weighted by Crippen LogP contribution is 2.35. The number of fused-ring (bicyclic) bond motifs is 1. The average molecular weight is 315 g/mol. The average Bonchev–Trinajstić information content (AvgIpc) is 2.76. The van der Waals surface area contributed by atoms with Gasteiger partial charge < -0.3 is 10.5 Å². The molecule has 0 fully saturated rings. The number of hydrogen-bond acceptors (Lipinski definition) is 4. The Morgan fingerprint density at radius 2 is 1.91 bits per heavy atom. The molecule has 0 radical (unpaired) electrons. The first-order chi connectivity index (χ1) is 10.5. The van der Waals surface area contributed by atoms with E-state index in [0.717, 1.165) is 5.56 Å². The Morgan fingerprint density at radius 1 is 1.14 bits per heavy atom. The Kier molecular flexibility index (Phi) is 3.76. The molecule has 2 N–H and O–H groups in total. The van der Waals surface area contributed by atoms with Gasteiger partial charge in [0.25, 0.3) is 0 Å². The van der Waals surface area contributed by atoms with Gasteiger partial charge in [0, 0.05) is 6.54 Å². The normalized spacial score (nSPS) is 15.3. The van der Waals surface area contributed by atoms with Gasteiger partial charge in [-0.2, -0.15) is 0 Å². The second-order valence-electron chi connectivity index (χ2n) is 5.26. The topological polar surface area (TPSA) is 69.4 Å². The maximum Gasteiger partial charge on any atom is 0.207 e. The van der Waals surface area contributed by atoms with E-state index in [1.807, 2.05) is 37.3 Å². The lowest BCUT2D eigenvalue weighted by Gasteiger charge is -2.09. The summed E-state index contributed by atoms with van der Waals surface area (Å²) in [5.41, 5.74) is 8.04. The molecule has 1 aliphatic rings. The molecule has 5 heteroatoms. The van der Waals surface area contributed by atoms with Crippen LogP contribution in [0.4, 0.5) is 0 Å². The summed E-state index contributed by atoms with van der Waals surface area (Å²) in [5, 5.41) is 0. The lowest BCUT2D eigenvalue weighted by Crippen LogP contribution is -2.12. The van der Waals surface area contributed by atoms with Gasteiger partial charge in [0.1, 0.15) is 12.4 Å². The lowest BCUT2D eigenvalue weighted by molar-refractivity contribution is 0.359. The van der Waals surface area contributed by atoms with Crippen LogP contribution < -0.4 is 10.5 Å². The molecular weight excluding hydrogens is 298 g/mol. The van der Waals surface area contributed by atoms with Gasteiger partial charge in [-0.15, -0.1) is 0 Å². The van der Waals surface area contributed by atoms with Crippen molar-refractivity contribution >= 4 is 15.9 Å². The minimum atomic E-state index is -3.51. The predicted octanol–water partition coefficient (Wildman–Crippen LogP) is 2.66. The van der Waals surface area contributed by atoms with Gasteiger partial charge >= 0.3 is 0 Å². The van der Waals surface area contributed by atoms with Gasteiger partial charge in [-0.1, -0.05) is 30.3 Å². The Hall–Kier alpha value is -2.11. The first kappa shape index (κ1) is 14.8. The second-order valence-corrected chi connectivity index (χ2v) is 7.20. The zero-order chi connectivity index (χ0) is 15.7. The van der Waals surface area contributed by atoms with Gasteiger partial charge in [0.15, 0.2) is 0 Å². The summed E-state index contributed by atoms with van der Waals surface area (Å²) in [4.78, 5) is 0.588. The van der Waals surface area contributed by atoms with E-state index in [1.165, 1.54) is 0 Å². The Bertz CT molecular complexity index is 854. The number of hydrogen-bond donors (Lipinski definition) is 1. The molecule has 0 unspecified atom stereocenters. The number of sulfone groups is 1. The number of nitrogens with two attached hydrogens (primary N) is 1. The molecule has 2 aromatic carbocycles. The van der Waals surface area contributed by atoms with Crippen molar-refractivity contribution in [3.8, 4) is 5.75 Å². The largest absolute Gasteiger partial charge is 0.488 e. The van der Waals surface area contributed by atoms with Crippen LogP contribution in [0.25, 0.3) is 6.08 Å². The van der Waals surface area contributed by atoms with Gasteiger partial charge in [-0.25, -0.2) is 8.42 Å². The summed E-state index contributed by atoms with van der Waals surface area (Å²) in [5.74, 6) is 0.658. The number of benzene rings is 2. The minimum absolute atomic E-state index is 0.0183. The van der Waals surface area contributed by atoms with Crippen LogP contribution in [0.1, 0.15) is 16.7 Å². The van der Waals surface area contributed by atoms with Crippen LogP contribution in [0.3, 0.4) is 0 Å². The maximum atomic E-state index is 12.6. The van der Waals surface area contributed by atoms with Crippen LogP contribution in [-0.4, -0.2) is 15.0 Å². The van der Waals surface area contributed by atoms with Gasteiger partial charge in [0.2, 0.25) is 9.84 Å². The van der Waals surface area contributed by atoms with Crippen molar-refractivity contribution in [3.63, 3.8) is 0 Å². The Labute approximate surface area is 130 Å². The van der Waals surface area contributed by atoms with Gasteiger partial charge in [-0.3, -0.25) is 0 Å². The zero-order valence-electron chi connectivity index (χ0n) is 12.2. The molecule has 22 heavy (non-hydrogen) atoms. The molecule has 0 aliphatic carbocycles. The number of rotatable bonds is 4. The molecule has 0 aromatic heterocycles. The van der Waals surface area contributed by atoms with Crippen molar-refractivity contribution in [1.29, 1.82) is 0 Å². The summed E-state index contributed by atoms with van der Waals surface area (Å²) in [6, 6.07) is 12.9. The lowest BCUT2D eigenvalue weighted by atomic mass is 10.1. The van der Waals surface area contributed by atoms with E-state index >= 15 is 0 Å². The highest BCUT2D eigenvalue weighted by molar-refractivity contribution is 7.96. The summed E-state index contributed by atoms with van der Waals surface area (Å²) >= 11 is 0. The predicted molar refractivity (Wildman–Crippen MR) is 86.2 cm³/mol. The molecule has 4 nitrogen and oxygen atoms in total. The maximum absolute atomic E-state index is 12.6. The fraction of sp³-hybridized carbons (Fsp3) is 0.176. The van der Waals surface area contributed by atoms with Crippen molar-refractivity contribution in [2.75, 3.05) is 6.61 Å². The smallest absolute Gasteiger partial charge is 0.207 e. The van der Waals surface area contributed by atoms with Crippen LogP contribution in [0, 0.1) is 6.92 Å². The standard InChI is InChI=1S/C17H17NO3S/c1-12-4-2-7-15(8-12)21-11-16-9-13-5-3-6-14(10-18)17(13)22(16,19)20/h2-9H,10-11,18H2,1H3. The molecule has 3 rings (SSSR count). The molecular formula is C17H17NO3S. The quantitative estimate of drug-likeness (QED) is 0.941. The van der Waals surface area contributed by atoms with E-state index in [2.05, 4.69) is 0 Å². The SMILES string of the molecule is Cc1cccc(OCC2=Cc3cccc(CN)c3S2(=O)=O)c1. The van der Waals surface area contributed by atoms with E-state index in [-0.39, 0.29) is 18.1 Å². The third-order valence-electron chi connectivity index (χ3n) is 3.65. The molecule has 0 saturated heterocycles. The van der Waals surface area contributed by atoms with Crippen LogP contribution in [0.5, 0.6) is 5.75 Å². The molecule has 0 atom stereocenters. The number of ether oxygens (including phenoxy) is 1. The van der Waals surface area contributed by atoms with Crippen LogP contribution in [0.2, 0.25) is 0 Å². The summed E-state index contributed by atoms with van der Waals surface area (Å²) < 4.78 is 30.9. The van der Waals surface area contributed by atoms with Gasteiger partial charge in [0.05, 0.1) is 9.80 Å². The van der Waals surface area contributed by atoms with Crippen molar-refractivity contribution < 1.29 is 13.2 Å². The van der Waals surface area contributed by atoms with Crippen LogP contribution in [-0.2, 0) is 16.4 Å². The first-order valence-corrected chi connectivity index (χ1v) is 8.48. The Morgan fingerprint density at radius 3 is 2.64 bits per heavy atom. The molecule has 1 heterocycles. The second kappa shape index (κ2) is 5.59.